The highest BCUT2D eigenvalue weighted by Crippen LogP contribution is 2.22. The second kappa shape index (κ2) is 9.36. The quantitative estimate of drug-likeness (QED) is 0.545. The minimum absolute atomic E-state index is 0.0158. The molecule has 0 saturated carbocycles. The molecule has 1 aliphatic rings. The van der Waals surface area contributed by atoms with Crippen LogP contribution in [0.15, 0.2) is 47.5 Å². The van der Waals surface area contributed by atoms with Gasteiger partial charge in [0.05, 0.1) is 6.54 Å². The Kier molecular flexibility index (Phi) is 6.84. The molecule has 9 heteroatoms. The Morgan fingerprint density at radius 1 is 1.17 bits per heavy atom. The number of benzene rings is 2. The maximum absolute atomic E-state index is 12.5. The molecule has 2 amide bonds. The average Bonchev–Trinajstić information content (AvgIpc) is 2.68. The van der Waals surface area contributed by atoms with Crippen molar-refractivity contribution in [2.24, 2.45) is 16.6 Å². The summed E-state index contributed by atoms with van der Waals surface area (Å²) in [5.41, 5.74) is 7.57. The second-order valence-electron chi connectivity index (χ2n) is 7.32. The van der Waals surface area contributed by atoms with Gasteiger partial charge in [0.1, 0.15) is 18.0 Å². The van der Waals surface area contributed by atoms with Gasteiger partial charge in [-0.15, -0.1) is 0 Å². The lowest BCUT2D eigenvalue weighted by Gasteiger charge is -2.29. The minimum Gasteiger partial charge on any atom is -0.368 e. The number of halogens is 2. The van der Waals surface area contributed by atoms with Gasteiger partial charge in [-0.05, 0) is 36.2 Å². The third kappa shape index (κ3) is 5.23. The van der Waals surface area contributed by atoms with E-state index in [1.54, 1.807) is 18.2 Å². The number of aliphatic imine (C=N–C) groups is 1. The number of nitrogens with one attached hydrogen (secondary N) is 3. The van der Waals surface area contributed by atoms with E-state index >= 15 is 0 Å². The van der Waals surface area contributed by atoms with Gasteiger partial charge in [0, 0.05) is 26.9 Å². The number of amides is 2. The Labute approximate surface area is 185 Å². The van der Waals surface area contributed by atoms with Crippen LogP contribution in [0.4, 0.5) is 5.69 Å². The molecule has 0 spiro atoms. The summed E-state index contributed by atoms with van der Waals surface area (Å²) in [4.78, 5) is 29.0. The summed E-state index contributed by atoms with van der Waals surface area (Å²) in [6, 6.07) is 11.7. The molecule has 0 aliphatic carbocycles. The maximum Gasteiger partial charge on any atom is 0.251 e. The van der Waals surface area contributed by atoms with E-state index in [0.29, 0.717) is 21.4 Å². The van der Waals surface area contributed by atoms with Crippen LogP contribution in [0.2, 0.25) is 10.0 Å². The van der Waals surface area contributed by atoms with Crippen molar-refractivity contribution in [2.45, 2.75) is 26.1 Å². The summed E-state index contributed by atoms with van der Waals surface area (Å²) < 4.78 is 0. The van der Waals surface area contributed by atoms with Crippen LogP contribution >= 0.6 is 23.2 Å². The molecule has 30 heavy (non-hydrogen) atoms. The summed E-state index contributed by atoms with van der Waals surface area (Å²) in [5, 5.41) is 10.0. The lowest BCUT2D eigenvalue weighted by Crippen LogP contribution is -2.50. The summed E-state index contributed by atoms with van der Waals surface area (Å²) >= 11 is 11.9. The Bertz CT molecular complexity index is 973. The number of nitrogens with two attached hydrogens (primary N) is 1. The normalized spacial score (nSPS) is 16.2. The summed E-state index contributed by atoms with van der Waals surface area (Å²) in [5.74, 6) is -0.238. The molecular weight excluding hydrogens is 425 g/mol. The van der Waals surface area contributed by atoms with Crippen molar-refractivity contribution >= 4 is 46.5 Å². The van der Waals surface area contributed by atoms with E-state index in [1.165, 1.54) is 0 Å². The van der Waals surface area contributed by atoms with E-state index in [9.17, 15) is 9.59 Å². The van der Waals surface area contributed by atoms with Gasteiger partial charge in [-0.2, -0.15) is 0 Å². The van der Waals surface area contributed by atoms with Crippen molar-refractivity contribution in [3.8, 4) is 0 Å². The van der Waals surface area contributed by atoms with Crippen LogP contribution in [0.25, 0.3) is 0 Å². The highest BCUT2D eigenvalue weighted by atomic mass is 35.5. The third-order valence-electron chi connectivity index (χ3n) is 4.64. The molecular formula is C21H23Cl2N5O2. The fourth-order valence-corrected chi connectivity index (χ4v) is 3.68. The van der Waals surface area contributed by atoms with Crippen LogP contribution in [0.5, 0.6) is 0 Å². The molecule has 2 aromatic rings. The number of carbonyl (C=O) groups excluding carboxylic acids is 2. The fraction of sp³-hybridized carbons (Fsp3) is 0.286. The second-order valence-corrected chi connectivity index (χ2v) is 8.19. The molecule has 5 N–H and O–H groups in total. The van der Waals surface area contributed by atoms with Crippen molar-refractivity contribution in [3.63, 3.8) is 0 Å². The minimum atomic E-state index is -0.571. The van der Waals surface area contributed by atoms with Gasteiger partial charge in [0.25, 0.3) is 5.91 Å². The largest absolute Gasteiger partial charge is 0.368 e. The first kappa shape index (κ1) is 21.9. The monoisotopic (exact) mass is 447 g/mol. The van der Waals surface area contributed by atoms with E-state index in [0.717, 1.165) is 11.3 Å². The highest BCUT2D eigenvalue weighted by molar-refractivity contribution is 6.35. The van der Waals surface area contributed by atoms with Crippen molar-refractivity contribution in [1.29, 1.82) is 0 Å². The summed E-state index contributed by atoms with van der Waals surface area (Å²) in [6.45, 7) is 4.03. The molecule has 1 aliphatic heterocycles. The molecule has 1 heterocycles. The molecule has 0 bridgehead atoms. The zero-order valence-corrected chi connectivity index (χ0v) is 18.1. The predicted molar refractivity (Wildman–Crippen MR) is 120 cm³/mol. The molecule has 0 radical (unpaired) electrons. The molecule has 3 rings (SSSR count). The number of rotatable bonds is 6. The Morgan fingerprint density at radius 2 is 1.83 bits per heavy atom. The van der Waals surface area contributed by atoms with Gasteiger partial charge in [0.15, 0.2) is 0 Å². The fourth-order valence-electron chi connectivity index (χ4n) is 3.15. The van der Waals surface area contributed by atoms with Crippen molar-refractivity contribution in [3.05, 3.63) is 63.6 Å². The van der Waals surface area contributed by atoms with Crippen molar-refractivity contribution in [2.75, 3.05) is 11.9 Å². The van der Waals surface area contributed by atoms with E-state index in [1.807, 2.05) is 38.1 Å². The van der Waals surface area contributed by atoms with E-state index in [4.69, 9.17) is 28.9 Å². The first-order valence-corrected chi connectivity index (χ1v) is 10.2. The number of amidine groups is 1. The van der Waals surface area contributed by atoms with Crippen LogP contribution in [0.3, 0.4) is 0 Å². The van der Waals surface area contributed by atoms with Crippen LogP contribution in [0.1, 0.15) is 29.8 Å². The lowest BCUT2D eigenvalue weighted by atomic mass is 10.0. The van der Waals surface area contributed by atoms with Crippen LogP contribution in [-0.4, -0.2) is 36.4 Å². The molecule has 0 saturated heterocycles. The van der Waals surface area contributed by atoms with Crippen LogP contribution in [-0.2, 0) is 4.79 Å². The predicted octanol–water partition coefficient (Wildman–Crippen LogP) is 3.02. The molecule has 1 unspecified atom stereocenters. The van der Waals surface area contributed by atoms with Crippen molar-refractivity contribution in [1.82, 2.24) is 10.6 Å². The number of nitrogens with zero attached hydrogens (tertiary/aromatic N) is 1. The molecule has 2 atom stereocenters. The highest BCUT2D eigenvalue weighted by Gasteiger charge is 2.26. The molecule has 2 aromatic carbocycles. The van der Waals surface area contributed by atoms with E-state index in [-0.39, 0.29) is 18.4 Å². The smallest absolute Gasteiger partial charge is 0.251 e. The lowest BCUT2D eigenvalue weighted by molar-refractivity contribution is -0.120. The van der Waals surface area contributed by atoms with Gasteiger partial charge in [-0.3, -0.25) is 9.59 Å². The topological polar surface area (TPSA) is 109 Å². The number of fused-ring (bicyclic) bond motifs is 1. The van der Waals surface area contributed by atoms with Gasteiger partial charge < -0.3 is 21.7 Å². The summed E-state index contributed by atoms with van der Waals surface area (Å²) in [6.07, 6.45) is -0.443. The first-order chi connectivity index (χ1) is 14.2. The first-order valence-electron chi connectivity index (χ1n) is 9.48. The van der Waals surface area contributed by atoms with Crippen molar-refractivity contribution < 1.29 is 9.59 Å². The van der Waals surface area contributed by atoms with Gasteiger partial charge >= 0.3 is 0 Å². The van der Waals surface area contributed by atoms with E-state index in [2.05, 4.69) is 20.9 Å². The zero-order chi connectivity index (χ0) is 21.8. The number of carbonyl (C=O) groups is 2. The Morgan fingerprint density at radius 3 is 2.47 bits per heavy atom. The van der Waals surface area contributed by atoms with Gasteiger partial charge in [0.2, 0.25) is 5.91 Å². The van der Waals surface area contributed by atoms with Gasteiger partial charge in [-0.1, -0.05) is 49.2 Å². The molecule has 158 valence electrons. The van der Waals surface area contributed by atoms with Gasteiger partial charge in [-0.25, -0.2) is 4.99 Å². The number of anilines is 1. The Balaban J connectivity index is 1.78. The SMILES string of the molecule is CC(C)[C@H](NC1=NC(CNC(=O)c2cc(Cl)cc(Cl)c2)Nc2ccccc21)C(N)=O. The summed E-state index contributed by atoms with van der Waals surface area (Å²) in [7, 11) is 0. The van der Waals surface area contributed by atoms with E-state index < -0.39 is 18.1 Å². The maximum atomic E-state index is 12.5. The molecule has 7 nitrogen and oxygen atoms in total. The standard InChI is InChI=1S/C21H23Cl2N5O2/c1-11(2)18(19(24)29)28-20-15-5-3-4-6-16(15)26-17(27-20)10-25-21(30)12-7-13(22)9-14(23)8-12/h3-9,11,17-18,26H,10H2,1-2H3,(H2,24,29)(H,25,30)(H,27,28)/t17?,18-/m0/s1. The molecule has 0 aromatic heterocycles. The number of para-hydroxylation sites is 1. The third-order valence-corrected chi connectivity index (χ3v) is 5.07. The number of hydrogen-bond donors (Lipinski definition) is 4. The number of hydrogen-bond acceptors (Lipinski definition) is 5. The van der Waals surface area contributed by atoms with Crippen LogP contribution < -0.4 is 21.7 Å². The Hall–Kier alpha value is -2.77. The average molecular weight is 448 g/mol. The zero-order valence-electron chi connectivity index (χ0n) is 16.6. The molecule has 0 fully saturated rings. The number of primary amides is 1. The van der Waals surface area contributed by atoms with Crippen LogP contribution in [0, 0.1) is 5.92 Å².